The van der Waals surface area contributed by atoms with Gasteiger partial charge in [-0.25, -0.2) is 4.39 Å². The zero-order chi connectivity index (χ0) is 13.5. The Balaban J connectivity index is 1.60. The van der Waals surface area contributed by atoms with Gasteiger partial charge in [0.2, 0.25) is 5.91 Å². The van der Waals surface area contributed by atoms with Gasteiger partial charge in [-0.05, 0) is 25.3 Å². The lowest BCUT2D eigenvalue weighted by molar-refractivity contribution is -0.123. The van der Waals surface area contributed by atoms with E-state index in [4.69, 9.17) is 0 Å². The lowest BCUT2D eigenvalue weighted by atomic mass is 10.1. The van der Waals surface area contributed by atoms with Crippen LogP contribution >= 0.6 is 0 Å². The Kier molecular flexibility index (Phi) is 3.05. The van der Waals surface area contributed by atoms with Crippen molar-refractivity contribution in [1.29, 1.82) is 0 Å². The highest BCUT2D eigenvalue weighted by Crippen LogP contribution is 2.49. The maximum absolute atomic E-state index is 14.6. The van der Waals surface area contributed by atoms with Gasteiger partial charge in [-0.3, -0.25) is 4.79 Å². The summed E-state index contributed by atoms with van der Waals surface area (Å²) in [7, 11) is 0. The standard InChI is InChI=1S/C15H19FN2O/c1-10-7-8-12(17-10)14(19)18-13-9-15(13,16)11-5-3-2-4-6-11/h2-6,10,12-13,17H,7-9H2,1H3,(H,18,19)/t10-,12+,13?,15?/m1/s1. The van der Waals surface area contributed by atoms with E-state index < -0.39 is 5.67 Å². The van der Waals surface area contributed by atoms with Crippen LogP contribution in [-0.4, -0.2) is 24.0 Å². The SMILES string of the molecule is C[C@@H]1CC[C@@H](C(=O)NC2CC2(F)c2ccccc2)N1. The zero-order valence-electron chi connectivity index (χ0n) is 11.0. The summed E-state index contributed by atoms with van der Waals surface area (Å²) in [6, 6.07) is 8.92. The van der Waals surface area contributed by atoms with Crippen molar-refractivity contribution in [2.24, 2.45) is 0 Å². The summed E-state index contributed by atoms with van der Waals surface area (Å²) in [4.78, 5) is 12.0. The van der Waals surface area contributed by atoms with Crippen molar-refractivity contribution in [3.05, 3.63) is 35.9 Å². The number of rotatable bonds is 3. The quantitative estimate of drug-likeness (QED) is 0.873. The molecule has 4 heteroatoms. The molecule has 3 rings (SSSR count). The third-order valence-electron chi connectivity index (χ3n) is 4.15. The largest absolute Gasteiger partial charge is 0.348 e. The molecule has 3 nitrogen and oxygen atoms in total. The first-order valence-electron chi connectivity index (χ1n) is 6.90. The Hall–Kier alpha value is -1.42. The molecule has 0 radical (unpaired) electrons. The predicted octanol–water partition coefficient (Wildman–Crippen LogP) is 1.88. The van der Waals surface area contributed by atoms with E-state index >= 15 is 0 Å². The van der Waals surface area contributed by atoms with Gasteiger partial charge < -0.3 is 10.6 Å². The first kappa shape index (κ1) is 12.6. The minimum Gasteiger partial charge on any atom is -0.348 e. The van der Waals surface area contributed by atoms with Crippen LogP contribution in [0.2, 0.25) is 0 Å². The second kappa shape index (κ2) is 4.60. The number of carbonyl (C=O) groups is 1. The summed E-state index contributed by atoms with van der Waals surface area (Å²) in [5.74, 6) is -0.0650. The monoisotopic (exact) mass is 262 g/mol. The second-order valence-corrected chi connectivity index (χ2v) is 5.69. The van der Waals surface area contributed by atoms with Crippen molar-refractivity contribution in [3.8, 4) is 0 Å². The van der Waals surface area contributed by atoms with E-state index in [1.165, 1.54) is 0 Å². The Bertz CT molecular complexity index is 478. The van der Waals surface area contributed by atoms with Crippen LogP contribution in [0.15, 0.2) is 30.3 Å². The number of nitrogens with one attached hydrogen (secondary N) is 2. The highest BCUT2D eigenvalue weighted by atomic mass is 19.1. The van der Waals surface area contributed by atoms with Crippen molar-refractivity contribution < 1.29 is 9.18 Å². The van der Waals surface area contributed by atoms with E-state index in [9.17, 15) is 9.18 Å². The maximum atomic E-state index is 14.6. The lowest BCUT2D eigenvalue weighted by Crippen LogP contribution is -2.44. The first-order chi connectivity index (χ1) is 9.09. The van der Waals surface area contributed by atoms with Gasteiger partial charge in [0.05, 0.1) is 12.1 Å². The molecule has 102 valence electrons. The summed E-state index contributed by atoms with van der Waals surface area (Å²) >= 11 is 0. The van der Waals surface area contributed by atoms with Crippen LogP contribution < -0.4 is 10.6 Å². The minimum atomic E-state index is -1.37. The van der Waals surface area contributed by atoms with Crippen molar-refractivity contribution in [1.82, 2.24) is 10.6 Å². The molecule has 2 N–H and O–H groups in total. The minimum absolute atomic E-state index is 0.0650. The molecule has 1 aliphatic carbocycles. The summed E-state index contributed by atoms with van der Waals surface area (Å²) in [6.07, 6.45) is 2.22. The highest BCUT2D eigenvalue weighted by molar-refractivity contribution is 5.83. The fraction of sp³-hybridized carbons (Fsp3) is 0.533. The van der Waals surface area contributed by atoms with Crippen molar-refractivity contribution in [2.75, 3.05) is 0 Å². The highest BCUT2D eigenvalue weighted by Gasteiger charge is 2.57. The van der Waals surface area contributed by atoms with Crippen molar-refractivity contribution in [2.45, 2.75) is 50.0 Å². The van der Waals surface area contributed by atoms with Crippen LogP contribution in [0.4, 0.5) is 4.39 Å². The van der Waals surface area contributed by atoms with E-state index in [-0.39, 0.29) is 18.0 Å². The van der Waals surface area contributed by atoms with Gasteiger partial charge in [0.25, 0.3) is 0 Å². The molecule has 1 amide bonds. The fourth-order valence-electron chi connectivity index (χ4n) is 2.84. The number of amides is 1. The van der Waals surface area contributed by atoms with E-state index in [1.807, 2.05) is 18.2 Å². The Morgan fingerprint density at radius 3 is 2.74 bits per heavy atom. The molecule has 1 saturated carbocycles. The van der Waals surface area contributed by atoms with Gasteiger partial charge in [-0.1, -0.05) is 30.3 Å². The number of hydrogen-bond donors (Lipinski definition) is 2. The second-order valence-electron chi connectivity index (χ2n) is 5.69. The fourth-order valence-corrected chi connectivity index (χ4v) is 2.84. The summed E-state index contributed by atoms with van der Waals surface area (Å²) in [5.41, 5.74) is -0.714. The molecule has 0 aromatic heterocycles. The van der Waals surface area contributed by atoms with Crippen LogP contribution in [0.5, 0.6) is 0 Å². The number of benzene rings is 1. The van der Waals surface area contributed by atoms with Gasteiger partial charge in [0.15, 0.2) is 5.67 Å². The Morgan fingerprint density at radius 1 is 1.37 bits per heavy atom. The molecule has 1 aromatic carbocycles. The van der Waals surface area contributed by atoms with Gasteiger partial charge in [-0.15, -0.1) is 0 Å². The molecule has 2 aliphatic rings. The smallest absolute Gasteiger partial charge is 0.237 e. The average Bonchev–Trinajstić information content (AvgIpc) is 2.85. The van der Waals surface area contributed by atoms with E-state index in [0.717, 1.165) is 12.8 Å². The van der Waals surface area contributed by atoms with Crippen LogP contribution in [-0.2, 0) is 10.5 Å². The Morgan fingerprint density at radius 2 is 2.11 bits per heavy atom. The van der Waals surface area contributed by atoms with E-state index in [0.29, 0.717) is 18.0 Å². The van der Waals surface area contributed by atoms with Crippen LogP contribution in [0, 0.1) is 0 Å². The third kappa shape index (κ3) is 2.37. The Labute approximate surface area is 112 Å². The molecule has 1 saturated heterocycles. The number of halogens is 1. The molecular formula is C15H19FN2O. The van der Waals surface area contributed by atoms with Crippen LogP contribution in [0.3, 0.4) is 0 Å². The number of hydrogen-bond acceptors (Lipinski definition) is 2. The number of alkyl halides is 1. The van der Waals surface area contributed by atoms with Crippen molar-refractivity contribution in [3.63, 3.8) is 0 Å². The molecule has 2 unspecified atom stereocenters. The first-order valence-corrected chi connectivity index (χ1v) is 6.90. The summed E-state index contributed by atoms with van der Waals surface area (Å²) in [6.45, 7) is 2.06. The van der Waals surface area contributed by atoms with Gasteiger partial charge in [-0.2, -0.15) is 0 Å². The summed E-state index contributed by atoms with van der Waals surface area (Å²) < 4.78 is 14.6. The topological polar surface area (TPSA) is 41.1 Å². The molecule has 2 fully saturated rings. The molecular weight excluding hydrogens is 243 g/mol. The third-order valence-corrected chi connectivity index (χ3v) is 4.15. The van der Waals surface area contributed by atoms with Crippen LogP contribution in [0.25, 0.3) is 0 Å². The summed E-state index contributed by atoms with van der Waals surface area (Å²) in [5, 5.41) is 6.05. The molecule has 0 bridgehead atoms. The van der Waals surface area contributed by atoms with Gasteiger partial charge >= 0.3 is 0 Å². The zero-order valence-corrected chi connectivity index (χ0v) is 11.0. The molecule has 4 atom stereocenters. The molecule has 1 aliphatic heterocycles. The molecule has 1 aromatic rings. The molecule has 1 heterocycles. The van der Waals surface area contributed by atoms with Crippen molar-refractivity contribution >= 4 is 5.91 Å². The maximum Gasteiger partial charge on any atom is 0.237 e. The van der Waals surface area contributed by atoms with E-state index in [2.05, 4.69) is 17.6 Å². The van der Waals surface area contributed by atoms with E-state index in [1.54, 1.807) is 12.1 Å². The predicted molar refractivity (Wildman–Crippen MR) is 71.4 cm³/mol. The molecule has 19 heavy (non-hydrogen) atoms. The number of carbonyl (C=O) groups excluding carboxylic acids is 1. The van der Waals surface area contributed by atoms with Crippen LogP contribution in [0.1, 0.15) is 31.7 Å². The van der Waals surface area contributed by atoms with Gasteiger partial charge in [0, 0.05) is 12.5 Å². The average molecular weight is 262 g/mol. The van der Waals surface area contributed by atoms with Gasteiger partial charge in [0.1, 0.15) is 0 Å². The molecule has 0 spiro atoms. The lowest BCUT2D eigenvalue weighted by Gasteiger charge is -2.14. The normalized spacial score (nSPS) is 37.1.